The Morgan fingerprint density at radius 1 is 1.44 bits per heavy atom. The SMILES string of the molecule is CCCCP(=O)(I)CC. The van der Waals surface area contributed by atoms with E-state index in [1.54, 1.807) is 0 Å². The quantitative estimate of drug-likeness (QED) is 0.558. The van der Waals surface area contributed by atoms with Crippen LogP contribution in [-0.4, -0.2) is 12.3 Å². The first-order chi connectivity index (χ1) is 4.12. The summed E-state index contributed by atoms with van der Waals surface area (Å²) < 4.78 is 11.3. The Morgan fingerprint density at radius 3 is 2.33 bits per heavy atom. The van der Waals surface area contributed by atoms with Gasteiger partial charge in [0.2, 0.25) is 0 Å². The molecule has 0 aromatic carbocycles. The fourth-order valence-corrected chi connectivity index (χ4v) is 2.68. The van der Waals surface area contributed by atoms with Crippen molar-refractivity contribution < 1.29 is 4.57 Å². The van der Waals surface area contributed by atoms with E-state index >= 15 is 0 Å². The van der Waals surface area contributed by atoms with Crippen LogP contribution in [-0.2, 0) is 4.57 Å². The first-order valence-electron chi connectivity index (χ1n) is 3.40. The van der Waals surface area contributed by atoms with Gasteiger partial charge in [0.25, 0.3) is 0 Å². The average molecular weight is 260 g/mol. The van der Waals surface area contributed by atoms with Crippen molar-refractivity contribution in [3.63, 3.8) is 0 Å². The van der Waals surface area contributed by atoms with Crippen LogP contribution in [0.5, 0.6) is 0 Å². The third-order valence-electron chi connectivity index (χ3n) is 1.32. The highest BCUT2D eigenvalue weighted by molar-refractivity contribution is 14.2. The van der Waals surface area contributed by atoms with Crippen molar-refractivity contribution in [2.75, 3.05) is 12.3 Å². The van der Waals surface area contributed by atoms with Crippen LogP contribution in [0.4, 0.5) is 0 Å². The molecule has 0 rings (SSSR count). The van der Waals surface area contributed by atoms with Crippen LogP contribution in [0.15, 0.2) is 0 Å². The van der Waals surface area contributed by atoms with Crippen LogP contribution in [0.1, 0.15) is 26.7 Å². The summed E-state index contributed by atoms with van der Waals surface area (Å²) in [6, 6.07) is 0. The summed E-state index contributed by atoms with van der Waals surface area (Å²) in [7, 11) is 0. The summed E-state index contributed by atoms with van der Waals surface area (Å²) in [5.41, 5.74) is 0. The molecule has 0 aromatic rings. The van der Waals surface area contributed by atoms with Crippen molar-refractivity contribution in [3.8, 4) is 0 Å². The second-order valence-electron chi connectivity index (χ2n) is 2.18. The van der Waals surface area contributed by atoms with E-state index in [1.807, 2.05) is 6.92 Å². The normalized spacial score (nSPS) is 17.2. The fourth-order valence-electron chi connectivity index (χ4n) is 0.552. The Hall–Kier alpha value is 0.960. The molecule has 0 aliphatic carbocycles. The van der Waals surface area contributed by atoms with E-state index in [9.17, 15) is 4.57 Å². The van der Waals surface area contributed by atoms with E-state index in [0.717, 1.165) is 25.2 Å². The van der Waals surface area contributed by atoms with E-state index in [0.29, 0.717) is 0 Å². The van der Waals surface area contributed by atoms with E-state index < -0.39 is 4.78 Å². The van der Waals surface area contributed by atoms with E-state index in [-0.39, 0.29) is 0 Å². The average Bonchev–Trinajstić information content (AvgIpc) is 1.84. The molecule has 0 radical (unpaired) electrons. The third-order valence-corrected chi connectivity index (χ3v) is 6.74. The van der Waals surface area contributed by atoms with Gasteiger partial charge in [0.15, 0.2) is 0 Å². The van der Waals surface area contributed by atoms with Crippen molar-refractivity contribution in [1.29, 1.82) is 0 Å². The van der Waals surface area contributed by atoms with E-state index in [4.69, 9.17) is 0 Å². The molecule has 1 unspecified atom stereocenters. The summed E-state index contributed by atoms with van der Waals surface area (Å²) in [4.78, 5) is -1.72. The minimum Gasteiger partial charge on any atom is -0.313 e. The van der Waals surface area contributed by atoms with Crippen LogP contribution in [0.2, 0.25) is 0 Å². The maximum atomic E-state index is 11.3. The van der Waals surface area contributed by atoms with Gasteiger partial charge in [0.05, 0.1) is 0 Å². The van der Waals surface area contributed by atoms with Gasteiger partial charge in [0.1, 0.15) is 4.78 Å². The zero-order chi connectivity index (χ0) is 7.33. The van der Waals surface area contributed by atoms with E-state index in [1.165, 1.54) is 0 Å². The zero-order valence-electron chi connectivity index (χ0n) is 6.06. The van der Waals surface area contributed by atoms with Crippen molar-refractivity contribution in [2.45, 2.75) is 26.7 Å². The summed E-state index contributed by atoms with van der Waals surface area (Å²) in [6.45, 7) is 4.13. The Balaban J connectivity index is 3.46. The zero-order valence-corrected chi connectivity index (χ0v) is 9.11. The molecule has 0 spiro atoms. The predicted molar refractivity (Wildman–Crippen MR) is 51.9 cm³/mol. The highest BCUT2D eigenvalue weighted by Crippen LogP contribution is 2.54. The molecule has 0 saturated carbocycles. The molecule has 0 saturated heterocycles. The molecule has 0 bridgehead atoms. The van der Waals surface area contributed by atoms with Crippen molar-refractivity contribution in [2.24, 2.45) is 0 Å². The minimum absolute atomic E-state index is 0.855. The molecule has 3 heteroatoms. The second kappa shape index (κ2) is 4.73. The molecule has 0 fully saturated rings. The monoisotopic (exact) mass is 260 g/mol. The summed E-state index contributed by atoms with van der Waals surface area (Å²) in [5.74, 6) is 0. The summed E-state index contributed by atoms with van der Waals surface area (Å²) in [5, 5.41) is 0. The van der Waals surface area contributed by atoms with Crippen molar-refractivity contribution >= 4 is 26.8 Å². The lowest BCUT2D eigenvalue weighted by Gasteiger charge is -2.05. The predicted octanol–water partition coefficient (Wildman–Crippen LogP) is 3.52. The van der Waals surface area contributed by atoms with Gasteiger partial charge in [-0.25, -0.2) is 0 Å². The molecule has 0 N–H and O–H groups in total. The van der Waals surface area contributed by atoms with E-state index in [2.05, 4.69) is 29.0 Å². The molecule has 1 nitrogen and oxygen atoms in total. The first-order valence-corrected chi connectivity index (χ1v) is 8.26. The van der Waals surface area contributed by atoms with Crippen LogP contribution < -0.4 is 0 Å². The molecule has 56 valence electrons. The topological polar surface area (TPSA) is 17.1 Å². The second-order valence-corrected chi connectivity index (χ2v) is 10.1. The molecular formula is C6H14IOP. The Morgan fingerprint density at radius 2 is 2.00 bits per heavy atom. The van der Waals surface area contributed by atoms with Crippen LogP contribution >= 0.6 is 26.8 Å². The van der Waals surface area contributed by atoms with Crippen molar-refractivity contribution in [3.05, 3.63) is 0 Å². The van der Waals surface area contributed by atoms with Gasteiger partial charge in [-0.1, -0.05) is 20.3 Å². The molecule has 9 heavy (non-hydrogen) atoms. The molecule has 0 aliphatic rings. The maximum Gasteiger partial charge on any atom is 0.143 e. The molecule has 0 heterocycles. The number of unbranched alkanes of at least 4 members (excludes halogenated alkanes) is 1. The summed E-state index contributed by atoms with van der Waals surface area (Å²) >= 11 is 2.12. The van der Waals surface area contributed by atoms with Crippen LogP contribution in [0.25, 0.3) is 0 Å². The van der Waals surface area contributed by atoms with Gasteiger partial charge in [-0.05, 0) is 28.5 Å². The van der Waals surface area contributed by atoms with Gasteiger partial charge in [-0.3, -0.25) is 0 Å². The molecule has 0 aromatic heterocycles. The molecule has 0 aliphatic heterocycles. The molecule has 1 atom stereocenters. The number of hydrogen-bond acceptors (Lipinski definition) is 1. The highest BCUT2D eigenvalue weighted by atomic mass is 127. The summed E-state index contributed by atoms with van der Waals surface area (Å²) in [6.07, 6.45) is 4.06. The van der Waals surface area contributed by atoms with Gasteiger partial charge in [-0.2, -0.15) is 0 Å². The van der Waals surface area contributed by atoms with Crippen LogP contribution in [0, 0.1) is 0 Å². The molecule has 0 amide bonds. The lowest BCUT2D eigenvalue weighted by molar-refractivity contribution is 0.585. The Kier molecular flexibility index (Phi) is 5.23. The van der Waals surface area contributed by atoms with Crippen molar-refractivity contribution in [1.82, 2.24) is 0 Å². The molecular weight excluding hydrogens is 246 g/mol. The number of rotatable bonds is 4. The fraction of sp³-hybridized carbons (Fsp3) is 1.00. The largest absolute Gasteiger partial charge is 0.313 e. The number of hydrogen-bond donors (Lipinski definition) is 0. The smallest absolute Gasteiger partial charge is 0.143 e. The lowest BCUT2D eigenvalue weighted by atomic mass is 10.4. The van der Waals surface area contributed by atoms with Gasteiger partial charge < -0.3 is 4.57 Å². The van der Waals surface area contributed by atoms with Crippen LogP contribution in [0.3, 0.4) is 0 Å². The lowest BCUT2D eigenvalue weighted by Crippen LogP contribution is -1.84. The minimum atomic E-state index is -1.72. The standard InChI is InChI=1S/C6H14IOP/c1-3-5-6-9(7,8)4-2/h3-6H2,1-2H3. The Bertz CT molecular complexity index is 114. The number of halogens is 1. The van der Waals surface area contributed by atoms with Gasteiger partial charge >= 0.3 is 0 Å². The Labute approximate surface area is 70.5 Å². The third kappa shape index (κ3) is 5.41. The van der Waals surface area contributed by atoms with Gasteiger partial charge in [-0.15, -0.1) is 0 Å². The first kappa shape index (κ1) is 9.96. The maximum absolute atomic E-state index is 11.3. The highest BCUT2D eigenvalue weighted by Gasteiger charge is 2.12. The van der Waals surface area contributed by atoms with Gasteiger partial charge in [0, 0.05) is 12.3 Å².